The summed E-state index contributed by atoms with van der Waals surface area (Å²) >= 11 is 3.23. The van der Waals surface area contributed by atoms with Gasteiger partial charge in [0.15, 0.2) is 0 Å². The maximum Gasteiger partial charge on any atom is 0.245 e. The summed E-state index contributed by atoms with van der Waals surface area (Å²) in [5, 5.41) is 8.95. The first-order valence-electron chi connectivity index (χ1n) is 5.23. The van der Waals surface area contributed by atoms with Crippen LogP contribution in [-0.4, -0.2) is 25.3 Å². The fraction of sp³-hybridized carbons (Fsp3) is 0.364. The van der Waals surface area contributed by atoms with Crippen LogP contribution in [0.15, 0.2) is 33.6 Å². The molecule has 0 radical (unpaired) electrons. The van der Waals surface area contributed by atoms with E-state index < -0.39 is 16.1 Å². The average molecular weight is 315 g/mol. The molecule has 1 unspecified atom stereocenters. The molecule has 1 heterocycles. The normalized spacial score (nSPS) is 21.3. The fourth-order valence-electron chi connectivity index (χ4n) is 1.94. The van der Waals surface area contributed by atoms with Crippen molar-refractivity contribution in [2.45, 2.75) is 23.8 Å². The lowest BCUT2D eigenvalue weighted by atomic mass is 10.2. The number of hydrogen-bond acceptors (Lipinski definition) is 3. The van der Waals surface area contributed by atoms with Crippen LogP contribution in [0.4, 0.5) is 0 Å². The van der Waals surface area contributed by atoms with Gasteiger partial charge in [-0.05, 0) is 40.9 Å². The van der Waals surface area contributed by atoms with E-state index in [0.717, 1.165) is 6.42 Å². The van der Waals surface area contributed by atoms with E-state index >= 15 is 0 Å². The molecule has 0 bridgehead atoms. The minimum Gasteiger partial charge on any atom is -0.207 e. The second-order valence-corrected chi connectivity index (χ2v) is 6.55. The van der Waals surface area contributed by atoms with Gasteiger partial charge in [-0.15, -0.1) is 0 Å². The van der Waals surface area contributed by atoms with Gasteiger partial charge in [-0.1, -0.05) is 12.1 Å². The molecule has 0 N–H and O–H groups in total. The van der Waals surface area contributed by atoms with Gasteiger partial charge in [0.1, 0.15) is 6.04 Å². The highest BCUT2D eigenvalue weighted by Gasteiger charge is 2.36. The largest absolute Gasteiger partial charge is 0.245 e. The number of benzene rings is 1. The number of nitrogens with zero attached hydrogens (tertiary/aromatic N) is 2. The molecule has 0 amide bonds. The van der Waals surface area contributed by atoms with Crippen LogP contribution in [0.2, 0.25) is 0 Å². The summed E-state index contributed by atoms with van der Waals surface area (Å²) in [7, 11) is -3.57. The van der Waals surface area contributed by atoms with E-state index in [-0.39, 0.29) is 4.90 Å². The summed E-state index contributed by atoms with van der Waals surface area (Å²) < 4.78 is 26.6. The van der Waals surface area contributed by atoms with E-state index in [1.54, 1.807) is 24.3 Å². The minimum atomic E-state index is -3.57. The molecule has 90 valence electrons. The van der Waals surface area contributed by atoms with Crippen LogP contribution in [0.1, 0.15) is 12.8 Å². The van der Waals surface area contributed by atoms with Crippen molar-refractivity contribution in [2.24, 2.45) is 0 Å². The van der Waals surface area contributed by atoms with Gasteiger partial charge in [-0.25, -0.2) is 8.42 Å². The third-order valence-corrected chi connectivity index (χ3v) is 5.70. The van der Waals surface area contributed by atoms with Crippen molar-refractivity contribution in [1.82, 2.24) is 4.31 Å². The lowest BCUT2D eigenvalue weighted by Gasteiger charge is -2.19. The summed E-state index contributed by atoms with van der Waals surface area (Å²) in [6.45, 7) is 0.419. The Morgan fingerprint density at radius 1 is 1.41 bits per heavy atom. The molecule has 0 saturated carbocycles. The third kappa shape index (κ3) is 2.23. The molecule has 1 aliphatic heterocycles. The van der Waals surface area contributed by atoms with Crippen LogP contribution in [0.3, 0.4) is 0 Å². The predicted molar refractivity (Wildman–Crippen MR) is 66.7 cm³/mol. The lowest BCUT2D eigenvalue weighted by molar-refractivity contribution is 0.437. The Morgan fingerprint density at radius 2 is 2.12 bits per heavy atom. The van der Waals surface area contributed by atoms with Crippen molar-refractivity contribution >= 4 is 26.0 Å². The molecular formula is C11H11BrN2O2S. The molecule has 0 aromatic heterocycles. The fourth-order valence-corrected chi connectivity index (χ4v) is 4.51. The van der Waals surface area contributed by atoms with Crippen molar-refractivity contribution in [3.63, 3.8) is 0 Å². The first-order chi connectivity index (χ1) is 8.07. The van der Waals surface area contributed by atoms with Crippen LogP contribution >= 0.6 is 15.9 Å². The Kier molecular flexibility index (Phi) is 3.52. The highest BCUT2D eigenvalue weighted by Crippen LogP contribution is 2.29. The molecule has 1 aliphatic rings. The van der Waals surface area contributed by atoms with Gasteiger partial charge in [0, 0.05) is 11.0 Å². The molecule has 0 aliphatic carbocycles. The molecule has 1 saturated heterocycles. The predicted octanol–water partition coefficient (Wildman–Crippen LogP) is 2.13. The van der Waals surface area contributed by atoms with Crippen molar-refractivity contribution in [3.8, 4) is 6.07 Å². The zero-order chi connectivity index (χ0) is 12.5. The number of hydrogen-bond donors (Lipinski definition) is 0. The summed E-state index contributed by atoms with van der Waals surface area (Å²) in [6, 6.07) is 8.17. The summed E-state index contributed by atoms with van der Waals surface area (Å²) in [5.41, 5.74) is 0. The molecule has 4 nitrogen and oxygen atoms in total. The standard InChI is InChI=1S/C11H11BrN2O2S/c12-10-5-1-2-6-11(10)17(15,16)14-7-3-4-9(14)8-13/h1-2,5-6,9H,3-4,7H2. The van der Waals surface area contributed by atoms with Gasteiger partial charge in [0.05, 0.1) is 11.0 Å². The quantitative estimate of drug-likeness (QED) is 0.840. The van der Waals surface area contributed by atoms with E-state index in [2.05, 4.69) is 15.9 Å². The third-order valence-electron chi connectivity index (χ3n) is 2.78. The number of halogens is 1. The van der Waals surface area contributed by atoms with E-state index in [0.29, 0.717) is 17.4 Å². The smallest absolute Gasteiger partial charge is 0.207 e. The van der Waals surface area contributed by atoms with Crippen LogP contribution in [0.5, 0.6) is 0 Å². The minimum absolute atomic E-state index is 0.224. The molecule has 1 fully saturated rings. The maximum atomic E-state index is 12.4. The zero-order valence-corrected chi connectivity index (χ0v) is 11.4. The van der Waals surface area contributed by atoms with Crippen LogP contribution in [0.25, 0.3) is 0 Å². The van der Waals surface area contributed by atoms with Crippen LogP contribution in [-0.2, 0) is 10.0 Å². The number of nitriles is 1. The van der Waals surface area contributed by atoms with Crippen LogP contribution in [0, 0.1) is 11.3 Å². The Morgan fingerprint density at radius 3 is 2.76 bits per heavy atom. The van der Waals surface area contributed by atoms with Crippen LogP contribution < -0.4 is 0 Å². The lowest BCUT2D eigenvalue weighted by Crippen LogP contribution is -2.34. The summed E-state index contributed by atoms with van der Waals surface area (Å²) in [4.78, 5) is 0.224. The molecule has 1 atom stereocenters. The van der Waals surface area contributed by atoms with Crippen molar-refractivity contribution in [3.05, 3.63) is 28.7 Å². The van der Waals surface area contributed by atoms with Gasteiger partial charge >= 0.3 is 0 Å². The van der Waals surface area contributed by atoms with Gasteiger partial charge in [0.25, 0.3) is 0 Å². The van der Waals surface area contributed by atoms with Crippen molar-refractivity contribution in [2.75, 3.05) is 6.54 Å². The number of sulfonamides is 1. The molecule has 17 heavy (non-hydrogen) atoms. The zero-order valence-electron chi connectivity index (χ0n) is 9.01. The molecule has 2 rings (SSSR count). The molecule has 0 spiro atoms. The first kappa shape index (κ1) is 12.6. The van der Waals surface area contributed by atoms with Gasteiger partial charge in [-0.2, -0.15) is 9.57 Å². The molecular weight excluding hydrogens is 304 g/mol. The van der Waals surface area contributed by atoms with Crippen molar-refractivity contribution < 1.29 is 8.42 Å². The second-order valence-electron chi connectivity index (χ2n) is 3.83. The van der Waals surface area contributed by atoms with E-state index in [1.165, 1.54) is 4.31 Å². The number of rotatable bonds is 2. The molecule has 1 aromatic carbocycles. The Bertz CT molecular complexity index is 565. The SMILES string of the molecule is N#CC1CCCN1S(=O)(=O)c1ccccc1Br. The second kappa shape index (κ2) is 4.77. The highest BCUT2D eigenvalue weighted by molar-refractivity contribution is 9.10. The Labute approximate surface area is 109 Å². The van der Waals surface area contributed by atoms with E-state index in [1.807, 2.05) is 6.07 Å². The monoisotopic (exact) mass is 314 g/mol. The van der Waals surface area contributed by atoms with Gasteiger partial charge in [-0.3, -0.25) is 0 Å². The molecule has 6 heteroatoms. The first-order valence-corrected chi connectivity index (χ1v) is 7.46. The van der Waals surface area contributed by atoms with Crippen molar-refractivity contribution in [1.29, 1.82) is 5.26 Å². The van der Waals surface area contributed by atoms with E-state index in [9.17, 15) is 8.42 Å². The Balaban J connectivity index is 2.45. The van der Waals surface area contributed by atoms with E-state index in [4.69, 9.17) is 5.26 Å². The summed E-state index contributed by atoms with van der Waals surface area (Å²) in [5.74, 6) is 0. The topological polar surface area (TPSA) is 61.2 Å². The Hall–Kier alpha value is -0.900. The van der Waals surface area contributed by atoms with Gasteiger partial charge in [0.2, 0.25) is 10.0 Å². The molecule has 1 aromatic rings. The average Bonchev–Trinajstić information content (AvgIpc) is 2.78. The summed E-state index contributed by atoms with van der Waals surface area (Å²) in [6.07, 6.45) is 1.35. The van der Waals surface area contributed by atoms with Gasteiger partial charge < -0.3 is 0 Å². The highest BCUT2D eigenvalue weighted by atomic mass is 79.9. The maximum absolute atomic E-state index is 12.4.